The maximum absolute atomic E-state index is 5.40. The summed E-state index contributed by atoms with van der Waals surface area (Å²) in [7, 11) is 1.68. The molecule has 0 amide bonds. The van der Waals surface area contributed by atoms with Gasteiger partial charge in [-0.25, -0.2) is 9.97 Å². The number of methoxy groups -OCH3 is 1. The molecule has 3 aromatic rings. The molecule has 0 unspecified atom stereocenters. The van der Waals surface area contributed by atoms with E-state index in [-0.39, 0.29) is 0 Å². The van der Waals surface area contributed by atoms with Crippen LogP contribution in [0.25, 0.3) is 20.7 Å². The van der Waals surface area contributed by atoms with Gasteiger partial charge in [-0.05, 0) is 48.9 Å². The lowest BCUT2D eigenvalue weighted by atomic mass is 10.2. The quantitative estimate of drug-likeness (QED) is 0.629. The Bertz CT molecular complexity index is 875. The SMILES string of the molecule is COc1ccc(-c2cc3ncnc(NCCCN4CCOCC4)c3s2)cc1. The molecule has 0 saturated carbocycles. The number of nitrogens with zero attached hydrogens (tertiary/aromatic N) is 3. The van der Waals surface area contributed by atoms with Crippen LogP contribution in [0.4, 0.5) is 5.82 Å². The third-order valence-electron chi connectivity index (χ3n) is 4.73. The summed E-state index contributed by atoms with van der Waals surface area (Å²) in [4.78, 5) is 12.5. The molecule has 0 radical (unpaired) electrons. The zero-order chi connectivity index (χ0) is 18.5. The summed E-state index contributed by atoms with van der Waals surface area (Å²) in [5.74, 6) is 1.79. The molecule has 0 aliphatic carbocycles. The van der Waals surface area contributed by atoms with E-state index in [9.17, 15) is 0 Å². The van der Waals surface area contributed by atoms with Crippen molar-refractivity contribution in [3.8, 4) is 16.2 Å². The molecule has 6 nitrogen and oxygen atoms in total. The van der Waals surface area contributed by atoms with Crippen molar-refractivity contribution < 1.29 is 9.47 Å². The topological polar surface area (TPSA) is 59.5 Å². The minimum atomic E-state index is 0.850. The van der Waals surface area contributed by atoms with Crippen molar-refractivity contribution >= 4 is 27.4 Å². The summed E-state index contributed by atoms with van der Waals surface area (Å²) in [5.41, 5.74) is 2.15. The van der Waals surface area contributed by atoms with E-state index in [0.29, 0.717) is 0 Å². The van der Waals surface area contributed by atoms with E-state index in [1.165, 1.54) is 4.88 Å². The van der Waals surface area contributed by atoms with E-state index in [1.54, 1.807) is 24.8 Å². The Morgan fingerprint density at radius 2 is 2.00 bits per heavy atom. The Hall–Kier alpha value is -2.22. The molecule has 27 heavy (non-hydrogen) atoms. The van der Waals surface area contributed by atoms with Crippen LogP contribution in [0, 0.1) is 0 Å². The summed E-state index contributed by atoms with van der Waals surface area (Å²) < 4.78 is 11.7. The molecule has 142 valence electrons. The Morgan fingerprint density at radius 3 is 2.78 bits per heavy atom. The number of nitrogens with one attached hydrogen (secondary N) is 1. The lowest BCUT2D eigenvalue weighted by molar-refractivity contribution is 0.0378. The minimum Gasteiger partial charge on any atom is -0.497 e. The average Bonchev–Trinajstić information content (AvgIpc) is 3.17. The first-order chi connectivity index (χ1) is 13.3. The molecule has 1 fully saturated rings. The second-order valence-corrected chi connectivity index (χ2v) is 7.56. The fourth-order valence-electron chi connectivity index (χ4n) is 3.21. The Kier molecular flexibility index (Phi) is 5.81. The van der Waals surface area contributed by atoms with Crippen molar-refractivity contribution in [1.82, 2.24) is 14.9 Å². The predicted molar refractivity (Wildman–Crippen MR) is 110 cm³/mol. The number of ether oxygens (including phenoxy) is 2. The summed E-state index contributed by atoms with van der Waals surface area (Å²) >= 11 is 1.72. The summed E-state index contributed by atoms with van der Waals surface area (Å²) in [6, 6.07) is 10.2. The number of anilines is 1. The standard InChI is InChI=1S/C20H24N4O2S/c1-25-16-5-3-15(4-6-16)18-13-17-19(27-18)20(23-14-22-17)21-7-2-8-24-9-11-26-12-10-24/h3-6,13-14H,2,7-12H2,1H3,(H,21,22,23). The molecule has 0 spiro atoms. The summed E-state index contributed by atoms with van der Waals surface area (Å²) in [5, 5.41) is 3.49. The second-order valence-electron chi connectivity index (χ2n) is 6.51. The molecule has 1 N–H and O–H groups in total. The Morgan fingerprint density at radius 1 is 1.19 bits per heavy atom. The molecule has 0 atom stereocenters. The summed E-state index contributed by atoms with van der Waals surface area (Å²) in [6.07, 6.45) is 2.72. The smallest absolute Gasteiger partial charge is 0.147 e. The zero-order valence-corrected chi connectivity index (χ0v) is 16.3. The molecule has 1 aromatic carbocycles. The molecule has 7 heteroatoms. The fraction of sp³-hybridized carbons (Fsp3) is 0.400. The molecule has 1 aliphatic heterocycles. The number of benzene rings is 1. The van der Waals surface area contributed by atoms with E-state index in [4.69, 9.17) is 9.47 Å². The zero-order valence-electron chi connectivity index (χ0n) is 15.5. The number of hydrogen-bond donors (Lipinski definition) is 1. The first-order valence-electron chi connectivity index (χ1n) is 9.26. The van der Waals surface area contributed by atoms with Crippen LogP contribution in [0.2, 0.25) is 0 Å². The highest BCUT2D eigenvalue weighted by Crippen LogP contribution is 2.36. The number of rotatable bonds is 7. The van der Waals surface area contributed by atoms with Crippen molar-refractivity contribution in [3.63, 3.8) is 0 Å². The van der Waals surface area contributed by atoms with Gasteiger partial charge in [-0.1, -0.05) is 0 Å². The maximum Gasteiger partial charge on any atom is 0.147 e. The number of fused-ring (bicyclic) bond motifs is 1. The van der Waals surface area contributed by atoms with Gasteiger partial charge in [0.15, 0.2) is 0 Å². The number of aromatic nitrogens is 2. The van der Waals surface area contributed by atoms with Crippen LogP contribution in [0.5, 0.6) is 5.75 Å². The molecule has 1 aliphatic rings. The second kappa shape index (κ2) is 8.65. The molecule has 4 rings (SSSR count). The van der Waals surface area contributed by atoms with Crippen LogP contribution in [-0.4, -0.2) is 61.4 Å². The van der Waals surface area contributed by atoms with Crippen molar-refractivity contribution in [1.29, 1.82) is 0 Å². The number of hydrogen-bond acceptors (Lipinski definition) is 7. The normalized spacial score (nSPS) is 15.1. The van der Waals surface area contributed by atoms with Gasteiger partial charge in [0.25, 0.3) is 0 Å². The van der Waals surface area contributed by atoms with E-state index >= 15 is 0 Å². The van der Waals surface area contributed by atoms with Crippen molar-refractivity contribution in [2.75, 3.05) is 51.8 Å². The van der Waals surface area contributed by atoms with Gasteiger partial charge in [-0.2, -0.15) is 0 Å². The van der Waals surface area contributed by atoms with Crippen LogP contribution < -0.4 is 10.1 Å². The van der Waals surface area contributed by atoms with E-state index in [0.717, 1.165) is 73.2 Å². The first kappa shape index (κ1) is 18.2. The van der Waals surface area contributed by atoms with Crippen LogP contribution in [0.3, 0.4) is 0 Å². The highest BCUT2D eigenvalue weighted by atomic mass is 32.1. The third-order valence-corrected chi connectivity index (χ3v) is 5.91. The van der Waals surface area contributed by atoms with Gasteiger partial charge < -0.3 is 14.8 Å². The maximum atomic E-state index is 5.40. The lowest BCUT2D eigenvalue weighted by Gasteiger charge is -2.26. The van der Waals surface area contributed by atoms with Gasteiger partial charge in [0.05, 0.1) is 30.5 Å². The summed E-state index contributed by atoms with van der Waals surface area (Å²) in [6.45, 7) is 5.76. The van der Waals surface area contributed by atoms with E-state index in [2.05, 4.69) is 38.4 Å². The van der Waals surface area contributed by atoms with Crippen molar-refractivity contribution in [2.24, 2.45) is 0 Å². The highest BCUT2D eigenvalue weighted by molar-refractivity contribution is 7.22. The van der Waals surface area contributed by atoms with Gasteiger partial charge in [-0.3, -0.25) is 4.90 Å². The van der Waals surface area contributed by atoms with Gasteiger partial charge >= 0.3 is 0 Å². The number of morpholine rings is 1. The average molecular weight is 385 g/mol. The third kappa shape index (κ3) is 4.37. The molecule has 0 bridgehead atoms. The molecule has 1 saturated heterocycles. The van der Waals surface area contributed by atoms with Gasteiger partial charge in [0, 0.05) is 24.5 Å². The fourth-order valence-corrected chi connectivity index (χ4v) is 4.29. The van der Waals surface area contributed by atoms with E-state index < -0.39 is 0 Å². The van der Waals surface area contributed by atoms with E-state index in [1.807, 2.05) is 12.1 Å². The van der Waals surface area contributed by atoms with Crippen LogP contribution in [-0.2, 0) is 4.74 Å². The minimum absolute atomic E-state index is 0.850. The Labute approximate surface area is 163 Å². The van der Waals surface area contributed by atoms with Crippen molar-refractivity contribution in [2.45, 2.75) is 6.42 Å². The first-order valence-corrected chi connectivity index (χ1v) is 10.1. The van der Waals surface area contributed by atoms with Crippen LogP contribution in [0.15, 0.2) is 36.7 Å². The van der Waals surface area contributed by atoms with Gasteiger partial charge in [0.1, 0.15) is 17.9 Å². The Balaban J connectivity index is 1.42. The van der Waals surface area contributed by atoms with Crippen molar-refractivity contribution in [3.05, 3.63) is 36.7 Å². The largest absolute Gasteiger partial charge is 0.497 e. The molecular formula is C20H24N4O2S. The molecular weight excluding hydrogens is 360 g/mol. The molecule has 3 heterocycles. The highest BCUT2D eigenvalue weighted by Gasteiger charge is 2.12. The van der Waals surface area contributed by atoms with Gasteiger partial charge in [0.2, 0.25) is 0 Å². The van der Waals surface area contributed by atoms with Crippen LogP contribution in [0.1, 0.15) is 6.42 Å². The van der Waals surface area contributed by atoms with Crippen LogP contribution >= 0.6 is 11.3 Å². The molecule has 2 aromatic heterocycles. The predicted octanol–water partition coefficient (Wildman–Crippen LogP) is 3.50. The lowest BCUT2D eigenvalue weighted by Crippen LogP contribution is -2.37. The van der Waals surface area contributed by atoms with Gasteiger partial charge in [-0.15, -0.1) is 11.3 Å². The number of thiophene rings is 1. The monoisotopic (exact) mass is 384 g/mol.